The van der Waals surface area contributed by atoms with Gasteiger partial charge in [-0.1, -0.05) is 48.0 Å². The van der Waals surface area contributed by atoms with Crippen LogP contribution in [0.2, 0.25) is 5.02 Å². The van der Waals surface area contributed by atoms with Crippen LogP contribution in [0, 0.1) is 0 Å². The van der Waals surface area contributed by atoms with Crippen LogP contribution in [0.25, 0.3) is 5.70 Å². The van der Waals surface area contributed by atoms with Gasteiger partial charge in [0.2, 0.25) is 0 Å². The Morgan fingerprint density at radius 2 is 1.75 bits per heavy atom. The lowest BCUT2D eigenvalue weighted by Crippen LogP contribution is -2.45. The lowest BCUT2D eigenvalue weighted by atomic mass is 9.92. The van der Waals surface area contributed by atoms with Crippen molar-refractivity contribution in [2.24, 2.45) is 0 Å². The van der Waals surface area contributed by atoms with Crippen LogP contribution in [0.15, 0.2) is 48.0 Å². The van der Waals surface area contributed by atoms with Gasteiger partial charge in [-0.15, -0.1) is 0 Å². The molecular weight excluding hydrogens is 384 g/mol. The molecule has 0 aliphatic carbocycles. The summed E-state index contributed by atoms with van der Waals surface area (Å²) >= 11 is 6.53. The molecule has 0 bridgehead atoms. The van der Waals surface area contributed by atoms with Crippen LogP contribution >= 0.6 is 11.6 Å². The first kappa shape index (κ1) is 19.6. The van der Waals surface area contributed by atoms with E-state index in [1.54, 1.807) is 24.3 Å². The van der Waals surface area contributed by atoms with E-state index >= 15 is 0 Å². The Balaban J connectivity index is 2.24. The highest BCUT2D eigenvalue weighted by Gasteiger charge is 2.36. The fourth-order valence-corrected chi connectivity index (χ4v) is 3.43. The molecule has 0 spiro atoms. The molecule has 8 heteroatoms. The molecule has 1 atom stereocenters. The van der Waals surface area contributed by atoms with Gasteiger partial charge in [0.05, 0.1) is 43.7 Å². The molecule has 146 valence electrons. The van der Waals surface area contributed by atoms with E-state index in [0.717, 1.165) is 0 Å². The van der Waals surface area contributed by atoms with E-state index in [-0.39, 0.29) is 10.6 Å². The third-order valence-electron chi connectivity index (χ3n) is 4.37. The molecule has 0 fully saturated rings. The quantitative estimate of drug-likeness (QED) is 0.749. The lowest BCUT2D eigenvalue weighted by molar-refractivity contribution is -0.136. The summed E-state index contributed by atoms with van der Waals surface area (Å²) in [6.07, 6.45) is 0. The summed E-state index contributed by atoms with van der Waals surface area (Å²) in [4.78, 5) is 25.0. The highest BCUT2D eigenvalue weighted by atomic mass is 35.5. The summed E-state index contributed by atoms with van der Waals surface area (Å²) in [7, 11) is 4.23. The van der Waals surface area contributed by atoms with E-state index in [4.69, 9.17) is 25.8 Å². The Morgan fingerprint density at radius 1 is 1.04 bits per heavy atom. The topological polar surface area (TPSA) is 85.9 Å². The Bertz CT molecular complexity index is 943. The first-order valence-corrected chi connectivity index (χ1v) is 8.75. The van der Waals surface area contributed by atoms with Gasteiger partial charge in [-0.3, -0.25) is 0 Å². The molecule has 7 nitrogen and oxygen atoms in total. The minimum Gasteiger partial charge on any atom is -0.493 e. The second kappa shape index (κ2) is 8.22. The summed E-state index contributed by atoms with van der Waals surface area (Å²) in [5, 5.41) is 5.66. The van der Waals surface area contributed by atoms with Gasteiger partial charge in [-0.2, -0.15) is 0 Å². The Labute approximate surface area is 167 Å². The maximum Gasteiger partial charge on any atom is 0.338 e. The van der Waals surface area contributed by atoms with E-state index in [2.05, 4.69) is 10.6 Å². The standard InChI is InChI=1S/C20H19ClN2O5/c1-26-13-10-9-12(15(21)18(13)27-2)17-14(19(24)28-3)16(22-20(25)23-17)11-7-5-4-6-8-11/h4-10,17H,1-3H3,(H2,22,23,25). The van der Waals surface area contributed by atoms with Gasteiger partial charge in [-0.25, -0.2) is 9.59 Å². The maximum atomic E-state index is 12.7. The number of nitrogens with one attached hydrogen (secondary N) is 2. The molecule has 2 aromatic rings. The summed E-state index contributed by atoms with van der Waals surface area (Å²) in [5.74, 6) is 0.144. The lowest BCUT2D eigenvalue weighted by Gasteiger charge is -2.30. The number of rotatable bonds is 5. The SMILES string of the molecule is COC(=O)C1=C(c2ccccc2)NC(=O)NC1c1ccc(OC)c(OC)c1Cl. The average molecular weight is 403 g/mol. The number of methoxy groups -OCH3 is 3. The zero-order valence-electron chi connectivity index (χ0n) is 15.5. The number of urea groups is 1. The van der Waals surface area contributed by atoms with Crippen LogP contribution in [0.4, 0.5) is 4.79 Å². The number of carbonyl (C=O) groups excluding carboxylic acids is 2. The molecule has 2 aromatic carbocycles. The van der Waals surface area contributed by atoms with Crippen LogP contribution in [0.3, 0.4) is 0 Å². The van der Waals surface area contributed by atoms with Crippen LogP contribution in [-0.2, 0) is 9.53 Å². The molecule has 1 heterocycles. The minimum absolute atomic E-state index is 0.224. The Kier molecular flexibility index (Phi) is 5.75. The number of carbonyl (C=O) groups is 2. The first-order valence-electron chi connectivity index (χ1n) is 8.37. The second-order valence-electron chi connectivity index (χ2n) is 5.88. The van der Waals surface area contributed by atoms with E-state index in [0.29, 0.717) is 28.3 Å². The molecule has 2 amide bonds. The third-order valence-corrected chi connectivity index (χ3v) is 4.76. The highest BCUT2D eigenvalue weighted by Crippen LogP contribution is 2.43. The Hall–Kier alpha value is -3.19. The molecule has 1 aliphatic heterocycles. The fraction of sp³-hybridized carbons (Fsp3) is 0.200. The number of esters is 1. The minimum atomic E-state index is -0.844. The summed E-state index contributed by atoms with van der Waals surface area (Å²) < 4.78 is 15.6. The number of halogens is 1. The predicted octanol–water partition coefficient (Wildman–Crippen LogP) is 3.30. The molecule has 0 saturated carbocycles. The average Bonchev–Trinajstić information content (AvgIpc) is 2.72. The molecule has 1 unspecified atom stereocenters. The molecule has 0 aromatic heterocycles. The van der Waals surface area contributed by atoms with Crippen molar-refractivity contribution in [3.05, 3.63) is 64.2 Å². The van der Waals surface area contributed by atoms with Crippen molar-refractivity contribution in [3.8, 4) is 11.5 Å². The van der Waals surface area contributed by atoms with Crippen molar-refractivity contribution in [2.75, 3.05) is 21.3 Å². The normalized spacial score (nSPS) is 16.1. The van der Waals surface area contributed by atoms with E-state index < -0.39 is 18.0 Å². The van der Waals surface area contributed by atoms with Gasteiger partial charge in [0.15, 0.2) is 11.5 Å². The number of ether oxygens (including phenoxy) is 3. The van der Waals surface area contributed by atoms with Crippen LogP contribution in [0.5, 0.6) is 11.5 Å². The molecule has 2 N–H and O–H groups in total. The van der Waals surface area contributed by atoms with E-state index in [1.165, 1.54) is 21.3 Å². The monoisotopic (exact) mass is 402 g/mol. The molecule has 0 radical (unpaired) electrons. The number of hydrogen-bond donors (Lipinski definition) is 2. The molecule has 1 aliphatic rings. The van der Waals surface area contributed by atoms with Gasteiger partial charge >= 0.3 is 12.0 Å². The zero-order valence-corrected chi connectivity index (χ0v) is 16.3. The largest absolute Gasteiger partial charge is 0.493 e. The summed E-state index contributed by atoms with van der Waals surface area (Å²) in [6.45, 7) is 0. The second-order valence-corrected chi connectivity index (χ2v) is 6.26. The summed E-state index contributed by atoms with van der Waals surface area (Å²) in [6, 6.07) is 11.1. The van der Waals surface area contributed by atoms with E-state index in [9.17, 15) is 9.59 Å². The summed E-state index contributed by atoms with van der Waals surface area (Å²) in [5.41, 5.74) is 1.72. The van der Waals surface area contributed by atoms with Crippen molar-refractivity contribution in [3.63, 3.8) is 0 Å². The van der Waals surface area contributed by atoms with Crippen molar-refractivity contribution in [1.82, 2.24) is 10.6 Å². The van der Waals surface area contributed by atoms with Crippen LogP contribution < -0.4 is 20.1 Å². The molecule has 28 heavy (non-hydrogen) atoms. The van der Waals surface area contributed by atoms with Gasteiger partial charge in [0.25, 0.3) is 0 Å². The van der Waals surface area contributed by atoms with Gasteiger partial charge in [0, 0.05) is 5.56 Å². The zero-order chi connectivity index (χ0) is 20.3. The molecule has 3 rings (SSSR count). The number of benzene rings is 2. The molecular formula is C20H19ClN2O5. The van der Waals surface area contributed by atoms with Crippen LogP contribution in [-0.4, -0.2) is 33.3 Å². The third kappa shape index (κ3) is 3.48. The van der Waals surface area contributed by atoms with Crippen LogP contribution in [0.1, 0.15) is 17.2 Å². The predicted molar refractivity (Wildman–Crippen MR) is 104 cm³/mol. The van der Waals surface area contributed by atoms with Gasteiger partial charge in [0.1, 0.15) is 0 Å². The van der Waals surface area contributed by atoms with Crippen molar-refractivity contribution >= 4 is 29.3 Å². The number of amides is 2. The van der Waals surface area contributed by atoms with Crippen molar-refractivity contribution < 1.29 is 23.8 Å². The van der Waals surface area contributed by atoms with Crippen molar-refractivity contribution in [2.45, 2.75) is 6.04 Å². The van der Waals surface area contributed by atoms with Gasteiger partial charge in [-0.05, 0) is 11.6 Å². The smallest absolute Gasteiger partial charge is 0.338 e. The Morgan fingerprint density at radius 3 is 2.36 bits per heavy atom. The fourth-order valence-electron chi connectivity index (χ4n) is 3.09. The number of hydrogen-bond acceptors (Lipinski definition) is 5. The molecule has 0 saturated heterocycles. The highest BCUT2D eigenvalue weighted by molar-refractivity contribution is 6.33. The first-order chi connectivity index (χ1) is 13.5. The van der Waals surface area contributed by atoms with Gasteiger partial charge < -0.3 is 24.8 Å². The maximum absolute atomic E-state index is 12.7. The van der Waals surface area contributed by atoms with E-state index in [1.807, 2.05) is 18.2 Å². The van der Waals surface area contributed by atoms with Crippen molar-refractivity contribution in [1.29, 1.82) is 0 Å².